The average molecular weight is 778 g/mol. The highest BCUT2D eigenvalue weighted by molar-refractivity contribution is 5.98. The average Bonchev–Trinajstić information content (AvgIpc) is 3.91. The second kappa shape index (κ2) is 11.9. The van der Waals surface area contributed by atoms with Crippen molar-refractivity contribution < 1.29 is 0 Å². The van der Waals surface area contributed by atoms with Gasteiger partial charge in [-0.1, -0.05) is 178 Å². The van der Waals surface area contributed by atoms with Gasteiger partial charge in [0.2, 0.25) is 0 Å². The lowest BCUT2D eigenvalue weighted by atomic mass is 9.70. The fraction of sp³-hybridized carbons (Fsp3) is 0.133. The minimum atomic E-state index is -0.453. The smallest absolute Gasteiger partial charge is 0.0726 e. The first-order chi connectivity index (χ1) is 30.0. The summed E-state index contributed by atoms with van der Waals surface area (Å²) in [5.41, 5.74) is 24.8. The molecule has 7 aliphatic rings. The first kappa shape index (κ1) is 33.8. The van der Waals surface area contributed by atoms with Gasteiger partial charge >= 0.3 is 0 Å². The molecule has 0 aliphatic heterocycles. The van der Waals surface area contributed by atoms with Gasteiger partial charge in [-0.3, -0.25) is 0 Å². The summed E-state index contributed by atoms with van der Waals surface area (Å²) in [5.74, 6) is 2.11. The number of rotatable bonds is 4. The third kappa shape index (κ3) is 4.31. The standard InChI is InChI=1S/C60H43N/c1-59(2)51-20-10-6-17-41(51)44-30-26-38(32-54(44)59)61(57-23-13-9-16-40(57)36-14-4-3-5-15-36)39-27-31-45-42-18-7-11-21-52(42)60(55(45)33-39)53-22-12-8-19-43(53)49-34-48-37-24-28-46-47(29-25-37)58(46)50(48)35-56(49)60/h3-35,37,46-47,58H,1-2H3. The van der Waals surface area contributed by atoms with Crippen LogP contribution in [0.3, 0.4) is 0 Å². The normalized spacial score (nSPS) is 22.7. The van der Waals surface area contributed by atoms with Crippen molar-refractivity contribution in [1.29, 1.82) is 0 Å². The number of allylic oxidation sites excluding steroid dienone is 4. The van der Waals surface area contributed by atoms with Gasteiger partial charge in [0, 0.05) is 28.3 Å². The van der Waals surface area contributed by atoms with Crippen LogP contribution < -0.4 is 4.90 Å². The third-order valence-electron chi connectivity index (χ3n) is 15.5. The number of hydrogen-bond donors (Lipinski definition) is 0. The Labute approximate surface area is 358 Å². The molecule has 0 N–H and O–H groups in total. The number of nitrogens with zero attached hydrogens (tertiary/aromatic N) is 1. The van der Waals surface area contributed by atoms with E-state index in [1.54, 1.807) is 5.56 Å². The van der Waals surface area contributed by atoms with Gasteiger partial charge in [0.25, 0.3) is 0 Å². The van der Waals surface area contributed by atoms with Crippen LogP contribution in [0.25, 0.3) is 44.5 Å². The van der Waals surface area contributed by atoms with Crippen LogP contribution >= 0.6 is 0 Å². The summed E-state index contributed by atoms with van der Waals surface area (Å²) in [7, 11) is 0. The molecule has 1 saturated carbocycles. The van der Waals surface area contributed by atoms with Crippen LogP contribution in [0.5, 0.6) is 0 Å². The van der Waals surface area contributed by atoms with E-state index in [2.05, 4.69) is 219 Å². The SMILES string of the molecule is CC1(C)c2ccccc2-c2ccc(N(c3ccc4c(c3)C3(c5ccccc5-4)c4ccccc4-c4cc5c(cc43)C3C4C=CC5C=CC43)c3ccccc3-c3ccccc3)cc21. The number of hydrogen-bond acceptors (Lipinski definition) is 1. The van der Waals surface area contributed by atoms with Gasteiger partial charge in [-0.25, -0.2) is 0 Å². The van der Waals surface area contributed by atoms with Crippen LogP contribution in [-0.4, -0.2) is 0 Å². The molecule has 1 fully saturated rings. The highest BCUT2D eigenvalue weighted by atomic mass is 15.1. The Kier molecular flexibility index (Phi) is 6.58. The van der Waals surface area contributed by atoms with Gasteiger partial charge < -0.3 is 4.90 Å². The molecular formula is C60H43N. The Morgan fingerprint density at radius 2 is 0.885 bits per heavy atom. The Morgan fingerprint density at radius 1 is 0.377 bits per heavy atom. The summed E-state index contributed by atoms with van der Waals surface area (Å²) in [5, 5.41) is 0. The number of anilines is 3. The summed E-state index contributed by atoms with van der Waals surface area (Å²) < 4.78 is 0. The Balaban J connectivity index is 1.04. The van der Waals surface area contributed by atoms with Crippen molar-refractivity contribution in [3.63, 3.8) is 0 Å². The lowest BCUT2D eigenvalue weighted by Gasteiger charge is -2.33. The van der Waals surface area contributed by atoms with E-state index in [1.807, 2.05) is 0 Å². The van der Waals surface area contributed by atoms with Gasteiger partial charge in [0.1, 0.15) is 0 Å². The summed E-state index contributed by atoms with van der Waals surface area (Å²) in [6, 6.07) is 67.3. The van der Waals surface area contributed by atoms with Crippen molar-refractivity contribution in [1.82, 2.24) is 0 Å². The van der Waals surface area contributed by atoms with Gasteiger partial charge in [0.05, 0.1) is 11.1 Å². The van der Waals surface area contributed by atoms with Crippen LogP contribution in [-0.2, 0) is 10.8 Å². The van der Waals surface area contributed by atoms with Gasteiger partial charge in [-0.15, -0.1) is 0 Å². The Hall–Kier alpha value is -6.96. The van der Waals surface area contributed by atoms with Crippen molar-refractivity contribution in [3.8, 4) is 44.5 Å². The van der Waals surface area contributed by atoms with E-state index in [0.717, 1.165) is 5.69 Å². The molecule has 8 aromatic carbocycles. The zero-order chi connectivity index (χ0) is 40.2. The Bertz CT molecular complexity index is 3250. The van der Waals surface area contributed by atoms with Crippen molar-refractivity contribution in [2.24, 2.45) is 11.8 Å². The molecule has 3 unspecified atom stereocenters. The highest BCUT2D eigenvalue weighted by Crippen LogP contribution is 2.67. The fourth-order valence-electron chi connectivity index (χ4n) is 12.7. The summed E-state index contributed by atoms with van der Waals surface area (Å²) >= 11 is 0. The van der Waals surface area contributed by atoms with Crippen molar-refractivity contribution >= 4 is 17.1 Å². The highest BCUT2D eigenvalue weighted by Gasteiger charge is 2.55. The number of para-hydroxylation sites is 1. The lowest BCUT2D eigenvalue weighted by molar-refractivity contribution is 0.660. The molecular weight excluding hydrogens is 735 g/mol. The van der Waals surface area contributed by atoms with E-state index >= 15 is 0 Å². The van der Waals surface area contributed by atoms with E-state index in [9.17, 15) is 0 Å². The van der Waals surface area contributed by atoms with E-state index in [0.29, 0.717) is 23.7 Å². The molecule has 0 saturated heterocycles. The maximum absolute atomic E-state index is 2.68. The molecule has 1 heteroatoms. The summed E-state index contributed by atoms with van der Waals surface area (Å²) in [4.78, 5) is 2.54. The Morgan fingerprint density at radius 3 is 1.57 bits per heavy atom. The molecule has 4 bridgehead atoms. The minimum absolute atomic E-state index is 0.128. The third-order valence-corrected chi connectivity index (χ3v) is 15.5. The maximum Gasteiger partial charge on any atom is 0.0726 e. The predicted octanol–water partition coefficient (Wildman–Crippen LogP) is 15.0. The van der Waals surface area contributed by atoms with Crippen LogP contribution in [0.15, 0.2) is 200 Å². The minimum Gasteiger partial charge on any atom is -0.310 e. The van der Waals surface area contributed by atoms with Crippen molar-refractivity contribution in [2.75, 3.05) is 4.90 Å². The molecule has 0 heterocycles. The number of fused-ring (bicyclic) bond motifs is 13. The predicted molar refractivity (Wildman–Crippen MR) is 251 cm³/mol. The van der Waals surface area contributed by atoms with Crippen molar-refractivity contribution in [3.05, 3.63) is 245 Å². The first-order valence-corrected chi connectivity index (χ1v) is 22.1. The zero-order valence-electron chi connectivity index (χ0n) is 34.3. The molecule has 0 amide bonds. The van der Waals surface area contributed by atoms with E-state index in [-0.39, 0.29) is 5.41 Å². The molecule has 7 aliphatic carbocycles. The molecule has 1 spiro atoms. The largest absolute Gasteiger partial charge is 0.310 e. The maximum atomic E-state index is 2.68. The van der Waals surface area contributed by atoms with E-state index < -0.39 is 5.41 Å². The van der Waals surface area contributed by atoms with E-state index in [1.165, 1.54) is 94.8 Å². The van der Waals surface area contributed by atoms with Gasteiger partial charge in [-0.2, -0.15) is 0 Å². The summed E-state index contributed by atoms with van der Waals surface area (Å²) in [6.45, 7) is 4.77. The monoisotopic (exact) mass is 777 g/mol. The topological polar surface area (TPSA) is 3.24 Å². The zero-order valence-corrected chi connectivity index (χ0v) is 34.3. The van der Waals surface area contributed by atoms with Crippen molar-refractivity contribution in [2.45, 2.75) is 36.5 Å². The van der Waals surface area contributed by atoms with Crippen LogP contribution in [0, 0.1) is 11.8 Å². The molecule has 0 aromatic heterocycles. The van der Waals surface area contributed by atoms with E-state index in [4.69, 9.17) is 0 Å². The molecule has 61 heavy (non-hydrogen) atoms. The quantitative estimate of drug-likeness (QED) is 0.161. The molecule has 1 nitrogen and oxygen atoms in total. The molecule has 3 atom stereocenters. The van der Waals surface area contributed by atoms with Crippen LogP contribution in [0.4, 0.5) is 17.1 Å². The lowest BCUT2D eigenvalue weighted by Crippen LogP contribution is -2.26. The second-order valence-electron chi connectivity index (χ2n) is 18.7. The molecule has 15 rings (SSSR count). The molecule has 8 aromatic rings. The first-order valence-electron chi connectivity index (χ1n) is 22.1. The number of benzene rings is 8. The fourth-order valence-corrected chi connectivity index (χ4v) is 12.7. The van der Waals surface area contributed by atoms with Gasteiger partial charge in [-0.05, 0) is 138 Å². The van der Waals surface area contributed by atoms with Crippen LogP contribution in [0.1, 0.15) is 70.2 Å². The van der Waals surface area contributed by atoms with Crippen LogP contribution in [0.2, 0.25) is 0 Å². The molecule has 0 radical (unpaired) electrons. The summed E-state index contributed by atoms with van der Waals surface area (Å²) in [6.07, 6.45) is 9.98. The van der Waals surface area contributed by atoms with Gasteiger partial charge in [0.15, 0.2) is 0 Å². The molecule has 288 valence electrons. The second-order valence-corrected chi connectivity index (χ2v) is 18.7.